The van der Waals surface area contributed by atoms with Crippen molar-refractivity contribution in [3.05, 3.63) is 59.2 Å². The predicted octanol–water partition coefficient (Wildman–Crippen LogP) is 1.10. The third-order valence-corrected chi connectivity index (χ3v) is 7.71. The third-order valence-electron chi connectivity index (χ3n) is 7.71. The summed E-state index contributed by atoms with van der Waals surface area (Å²) in [6.07, 6.45) is -6.90. The van der Waals surface area contributed by atoms with E-state index in [0.717, 1.165) is 55.5 Å². The van der Waals surface area contributed by atoms with Gasteiger partial charge >= 0.3 is 30.0 Å². The lowest BCUT2D eigenvalue weighted by atomic mass is 9.95. The van der Waals surface area contributed by atoms with Gasteiger partial charge < -0.3 is 44.7 Å². The van der Waals surface area contributed by atoms with Crippen LogP contribution >= 0.6 is 0 Å². The minimum absolute atomic E-state index is 0.152. The molecule has 4 rings (SSSR count). The first-order valence-corrected chi connectivity index (χ1v) is 15.3. The molecule has 6 atom stereocenters. The number of ether oxygens (including phenoxy) is 5. The van der Waals surface area contributed by atoms with Crippen LogP contribution in [-0.4, -0.2) is 90.1 Å². The standard InChI is InChI=1S/C33H37N3O13/c1-16(37)34-28-30(48-19(4)40)29(47-18(3)39)26(15-45-17(2)38)49-31(28)36-27(41)13-25(32(42)43)35-33(44)46-14-21-9-7-11-23-22-10-6-5-8-20(22)12-24(21)23/h5-11,25-26,28-31H,12-15H2,1-4H3,(H,34,37)(H,35,44)(H,36,41)(H,42,43)/t25-,26+,28+,29+,30+,31+/m0/s1. The molecule has 0 radical (unpaired) electrons. The zero-order valence-corrected chi connectivity index (χ0v) is 27.2. The van der Waals surface area contributed by atoms with Gasteiger partial charge in [-0.3, -0.25) is 24.0 Å². The molecule has 1 saturated heterocycles. The average molecular weight is 684 g/mol. The highest BCUT2D eigenvalue weighted by Gasteiger charge is 2.51. The summed E-state index contributed by atoms with van der Waals surface area (Å²) in [5.41, 5.74) is 4.96. The molecule has 3 amide bonds. The molecule has 262 valence electrons. The summed E-state index contributed by atoms with van der Waals surface area (Å²) in [4.78, 5) is 85.6. The lowest BCUT2D eigenvalue weighted by molar-refractivity contribution is -0.228. The molecule has 0 aromatic heterocycles. The van der Waals surface area contributed by atoms with E-state index < -0.39 is 91.4 Å². The van der Waals surface area contributed by atoms with Crippen LogP contribution in [0.2, 0.25) is 0 Å². The Morgan fingerprint density at radius 1 is 0.837 bits per heavy atom. The molecule has 2 aromatic rings. The Labute approximate surface area is 280 Å². The van der Waals surface area contributed by atoms with Crippen molar-refractivity contribution in [3.63, 3.8) is 0 Å². The maximum Gasteiger partial charge on any atom is 0.408 e. The molecule has 1 aliphatic carbocycles. The maximum absolute atomic E-state index is 13.2. The fourth-order valence-electron chi connectivity index (χ4n) is 5.74. The Morgan fingerprint density at radius 2 is 1.51 bits per heavy atom. The Hall–Kier alpha value is -5.51. The molecule has 1 heterocycles. The number of alkyl carbamates (subject to hydrolysis) is 1. The Balaban J connectivity index is 1.45. The number of carboxylic acids is 1. The van der Waals surface area contributed by atoms with Crippen molar-refractivity contribution in [2.24, 2.45) is 0 Å². The van der Waals surface area contributed by atoms with E-state index >= 15 is 0 Å². The number of esters is 3. The minimum Gasteiger partial charge on any atom is -0.480 e. The number of rotatable bonds is 12. The largest absolute Gasteiger partial charge is 0.480 e. The van der Waals surface area contributed by atoms with Gasteiger partial charge in [-0.15, -0.1) is 0 Å². The van der Waals surface area contributed by atoms with Crippen LogP contribution in [0.25, 0.3) is 11.1 Å². The molecule has 4 N–H and O–H groups in total. The fourth-order valence-corrected chi connectivity index (χ4v) is 5.74. The number of carbonyl (C=O) groups is 7. The van der Waals surface area contributed by atoms with Crippen LogP contribution in [-0.2, 0) is 65.5 Å². The molecule has 1 aliphatic heterocycles. The summed E-state index contributed by atoms with van der Waals surface area (Å²) in [7, 11) is 0. The molecule has 2 aromatic carbocycles. The van der Waals surface area contributed by atoms with Crippen LogP contribution in [0.1, 0.15) is 50.8 Å². The highest BCUT2D eigenvalue weighted by molar-refractivity contribution is 5.87. The van der Waals surface area contributed by atoms with Crippen LogP contribution in [0.3, 0.4) is 0 Å². The summed E-state index contributed by atoms with van der Waals surface area (Å²) in [6.45, 7) is 3.72. The predicted molar refractivity (Wildman–Crippen MR) is 166 cm³/mol. The quantitative estimate of drug-likeness (QED) is 0.155. The fraction of sp³-hybridized carbons (Fsp3) is 0.424. The first kappa shape index (κ1) is 36.3. The number of amides is 3. The number of aliphatic carboxylic acids is 1. The summed E-state index contributed by atoms with van der Waals surface area (Å²) >= 11 is 0. The van der Waals surface area contributed by atoms with E-state index in [0.29, 0.717) is 6.42 Å². The molecule has 0 bridgehead atoms. The van der Waals surface area contributed by atoms with Gasteiger partial charge in [-0.1, -0.05) is 42.5 Å². The van der Waals surface area contributed by atoms with Crippen molar-refractivity contribution in [1.29, 1.82) is 0 Å². The SMILES string of the molecule is CC(=O)N[C@@H]1[C@@H](OC(C)=O)[C@H](OC(C)=O)[C@@H](COC(C)=O)O[C@H]1NC(=O)C[C@H](NC(=O)OCc1cccc2c1Cc1ccccc1-2)C(=O)O. The van der Waals surface area contributed by atoms with Gasteiger partial charge in [0.05, 0.1) is 6.42 Å². The Morgan fingerprint density at radius 3 is 2.16 bits per heavy atom. The van der Waals surface area contributed by atoms with Crippen molar-refractivity contribution in [1.82, 2.24) is 16.0 Å². The molecule has 16 nitrogen and oxygen atoms in total. The minimum atomic E-state index is -1.75. The van der Waals surface area contributed by atoms with Crippen LogP contribution in [0.15, 0.2) is 42.5 Å². The molecular formula is C33H37N3O13. The summed E-state index contributed by atoms with van der Waals surface area (Å²) in [6, 6.07) is 10.4. The number of carboxylic acid groups (broad SMARTS) is 1. The van der Waals surface area contributed by atoms with Crippen molar-refractivity contribution in [2.75, 3.05) is 6.61 Å². The van der Waals surface area contributed by atoms with Crippen molar-refractivity contribution < 1.29 is 62.4 Å². The Bertz CT molecular complexity index is 1630. The summed E-state index contributed by atoms with van der Waals surface area (Å²) in [5, 5.41) is 16.9. The number of hydrogen-bond donors (Lipinski definition) is 4. The van der Waals surface area contributed by atoms with E-state index in [2.05, 4.69) is 16.0 Å². The summed E-state index contributed by atoms with van der Waals surface area (Å²) < 4.78 is 26.9. The van der Waals surface area contributed by atoms with Crippen molar-refractivity contribution >= 4 is 41.8 Å². The molecular weight excluding hydrogens is 646 g/mol. The number of nitrogens with one attached hydrogen (secondary N) is 3. The highest BCUT2D eigenvalue weighted by Crippen LogP contribution is 2.38. The van der Waals surface area contributed by atoms with Crippen molar-refractivity contribution in [2.45, 2.75) is 83.8 Å². The summed E-state index contributed by atoms with van der Waals surface area (Å²) in [5.74, 6) is -5.54. The first-order valence-electron chi connectivity index (χ1n) is 15.3. The van der Waals surface area contributed by atoms with E-state index in [4.69, 9.17) is 23.7 Å². The van der Waals surface area contributed by atoms with Gasteiger partial charge in [-0.25, -0.2) is 9.59 Å². The number of fused-ring (bicyclic) bond motifs is 3. The van der Waals surface area contributed by atoms with Gasteiger partial charge in [0.2, 0.25) is 11.8 Å². The first-order chi connectivity index (χ1) is 23.2. The zero-order chi connectivity index (χ0) is 35.8. The third kappa shape index (κ3) is 9.53. The number of hydrogen-bond acceptors (Lipinski definition) is 12. The Kier molecular flexibility index (Phi) is 11.9. The second-order valence-electron chi connectivity index (χ2n) is 11.4. The molecule has 2 aliphatic rings. The maximum atomic E-state index is 13.2. The second kappa shape index (κ2) is 16.1. The topological polar surface area (TPSA) is 222 Å². The van der Waals surface area contributed by atoms with Gasteiger partial charge in [0, 0.05) is 27.7 Å². The van der Waals surface area contributed by atoms with Gasteiger partial charge in [0.25, 0.3) is 0 Å². The van der Waals surface area contributed by atoms with Gasteiger partial charge in [0.1, 0.15) is 31.4 Å². The van der Waals surface area contributed by atoms with Crippen LogP contribution in [0.4, 0.5) is 4.79 Å². The van der Waals surface area contributed by atoms with E-state index in [1.807, 2.05) is 36.4 Å². The number of benzene rings is 2. The molecule has 1 fully saturated rings. The lowest BCUT2D eigenvalue weighted by Gasteiger charge is -2.45. The van der Waals surface area contributed by atoms with Crippen molar-refractivity contribution in [3.8, 4) is 11.1 Å². The zero-order valence-electron chi connectivity index (χ0n) is 27.2. The molecule has 0 unspecified atom stereocenters. The van der Waals surface area contributed by atoms with E-state index in [1.165, 1.54) is 0 Å². The molecule has 0 saturated carbocycles. The molecule has 49 heavy (non-hydrogen) atoms. The number of carbonyl (C=O) groups excluding carboxylic acids is 6. The van der Waals surface area contributed by atoms with E-state index in [1.54, 1.807) is 6.07 Å². The van der Waals surface area contributed by atoms with Gasteiger partial charge in [-0.05, 0) is 34.2 Å². The van der Waals surface area contributed by atoms with Crippen LogP contribution in [0, 0.1) is 0 Å². The van der Waals surface area contributed by atoms with Crippen LogP contribution < -0.4 is 16.0 Å². The van der Waals surface area contributed by atoms with Crippen LogP contribution in [0.5, 0.6) is 0 Å². The highest BCUT2D eigenvalue weighted by atomic mass is 16.6. The molecule has 16 heteroatoms. The van der Waals surface area contributed by atoms with Gasteiger partial charge in [0.15, 0.2) is 18.4 Å². The smallest absolute Gasteiger partial charge is 0.408 e. The normalized spacial score (nSPS) is 21.1. The average Bonchev–Trinajstić information content (AvgIpc) is 3.40. The van der Waals surface area contributed by atoms with E-state index in [-0.39, 0.29) is 6.61 Å². The lowest BCUT2D eigenvalue weighted by Crippen LogP contribution is -2.69. The monoisotopic (exact) mass is 683 g/mol. The second-order valence-corrected chi connectivity index (χ2v) is 11.4. The molecule has 0 spiro atoms. The van der Waals surface area contributed by atoms with Gasteiger partial charge in [-0.2, -0.15) is 0 Å². The van der Waals surface area contributed by atoms with E-state index in [9.17, 15) is 38.7 Å².